The van der Waals surface area contributed by atoms with Gasteiger partial charge in [0.25, 0.3) is 0 Å². The number of alkyl carbamates (subject to hydrolysis) is 2. The van der Waals surface area contributed by atoms with Crippen LogP contribution in [0.25, 0.3) is 0 Å². The van der Waals surface area contributed by atoms with Gasteiger partial charge in [0.05, 0.1) is 11.1 Å². The van der Waals surface area contributed by atoms with Crippen molar-refractivity contribution < 1.29 is 28.7 Å². The summed E-state index contributed by atoms with van der Waals surface area (Å²) in [6.07, 6.45) is 6.98. The Labute approximate surface area is 225 Å². The molecule has 0 aromatic carbocycles. The fraction of sp³-hybridized carbons (Fsp3) is 0.846. The predicted octanol–water partition coefficient (Wildman–Crippen LogP) is 3.73. The zero-order valence-electron chi connectivity index (χ0n) is 23.1. The normalized spacial score (nSPS) is 20.4. The van der Waals surface area contributed by atoms with Crippen molar-refractivity contribution in [1.29, 1.82) is 0 Å². The molecule has 212 valence electrons. The first kappa shape index (κ1) is 31.1. The van der Waals surface area contributed by atoms with Gasteiger partial charge in [0.15, 0.2) is 0 Å². The number of carbonyl (C=O) groups is 4. The standard InChI is InChI=1S/C13H22N2O3.C9H18N2O2.C4H5ClO/c1-12(2,3)18-11(17)15-13(6-7-13)8-14-10(16)9-4-5-9;1-8(2,3)13-7(12)11-9(6-10)4-5-9;5-4(6)3-1-2-3/h9H,4-8H2,1-3H3,(H,14,16)(H,15,17);4-6,10H2,1-3H3,(H,11,12);3H,1-2H2. The summed E-state index contributed by atoms with van der Waals surface area (Å²) in [5.74, 6) is 0.557. The van der Waals surface area contributed by atoms with Crippen LogP contribution in [0.4, 0.5) is 9.59 Å². The Kier molecular flexibility index (Phi) is 10.3. The van der Waals surface area contributed by atoms with Gasteiger partial charge < -0.3 is 31.2 Å². The third-order valence-electron chi connectivity index (χ3n) is 6.08. The van der Waals surface area contributed by atoms with Crippen molar-refractivity contribution in [2.24, 2.45) is 17.6 Å². The van der Waals surface area contributed by atoms with E-state index in [0.717, 1.165) is 51.4 Å². The third-order valence-corrected chi connectivity index (χ3v) is 6.39. The number of halogens is 1. The van der Waals surface area contributed by atoms with Crippen molar-refractivity contribution in [2.75, 3.05) is 13.1 Å². The highest BCUT2D eigenvalue weighted by atomic mass is 35.5. The average molecular weight is 545 g/mol. The lowest BCUT2D eigenvalue weighted by Gasteiger charge is -2.23. The van der Waals surface area contributed by atoms with Gasteiger partial charge >= 0.3 is 12.2 Å². The van der Waals surface area contributed by atoms with E-state index >= 15 is 0 Å². The second-order valence-electron chi connectivity index (χ2n) is 12.6. The van der Waals surface area contributed by atoms with Crippen LogP contribution in [0.5, 0.6) is 0 Å². The van der Waals surface area contributed by atoms with Crippen LogP contribution >= 0.6 is 11.6 Å². The molecule has 4 aliphatic carbocycles. The molecule has 4 aliphatic rings. The predicted molar refractivity (Wildman–Crippen MR) is 141 cm³/mol. The number of hydrogen-bond donors (Lipinski definition) is 4. The summed E-state index contributed by atoms with van der Waals surface area (Å²) in [4.78, 5) is 44.5. The molecule has 11 heteroatoms. The van der Waals surface area contributed by atoms with Crippen LogP contribution in [-0.2, 0) is 19.1 Å². The summed E-state index contributed by atoms with van der Waals surface area (Å²) in [5, 5.41) is 8.40. The van der Waals surface area contributed by atoms with Gasteiger partial charge in [-0.05, 0) is 105 Å². The van der Waals surface area contributed by atoms with Gasteiger partial charge in [0.1, 0.15) is 11.2 Å². The number of nitrogens with one attached hydrogen (secondary N) is 3. The van der Waals surface area contributed by atoms with Gasteiger partial charge in [-0.1, -0.05) is 0 Å². The van der Waals surface area contributed by atoms with Crippen LogP contribution in [0.15, 0.2) is 0 Å². The molecule has 4 saturated carbocycles. The first-order valence-corrected chi connectivity index (χ1v) is 13.5. The van der Waals surface area contributed by atoms with Crippen LogP contribution in [0.2, 0.25) is 0 Å². The minimum Gasteiger partial charge on any atom is -0.444 e. The van der Waals surface area contributed by atoms with Gasteiger partial charge in [-0.25, -0.2) is 9.59 Å². The van der Waals surface area contributed by atoms with Crippen molar-refractivity contribution in [1.82, 2.24) is 16.0 Å². The smallest absolute Gasteiger partial charge is 0.408 e. The van der Waals surface area contributed by atoms with E-state index in [-0.39, 0.29) is 40.2 Å². The molecular formula is C26H45ClN4O6. The molecule has 5 N–H and O–H groups in total. The molecule has 3 amide bonds. The Morgan fingerprint density at radius 3 is 1.46 bits per heavy atom. The third kappa shape index (κ3) is 13.3. The monoisotopic (exact) mass is 544 g/mol. The molecule has 0 heterocycles. The molecule has 37 heavy (non-hydrogen) atoms. The maximum Gasteiger partial charge on any atom is 0.408 e. The minimum atomic E-state index is -0.489. The molecule has 0 atom stereocenters. The van der Waals surface area contributed by atoms with E-state index in [1.165, 1.54) is 0 Å². The van der Waals surface area contributed by atoms with Crippen molar-refractivity contribution in [3.63, 3.8) is 0 Å². The van der Waals surface area contributed by atoms with Crippen molar-refractivity contribution in [2.45, 2.75) is 115 Å². The summed E-state index contributed by atoms with van der Waals surface area (Å²) in [7, 11) is 0. The Balaban J connectivity index is 0.000000220. The van der Waals surface area contributed by atoms with Gasteiger partial charge in [-0.15, -0.1) is 0 Å². The lowest BCUT2D eigenvalue weighted by atomic mass is 10.2. The highest BCUT2D eigenvalue weighted by molar-refractivity contribution is 6.64. The molecule has 10 nitrogen and oxygen atoms in total. The quantitative estimate of drug-likeness (QED) is 0.357. The highest BCUT2D eigenvalue weighted by Gasteiger charge is 2.46. The Bertz CT molecular complexity index is 835. The van der Waals surface area contributed by atoms with Crippen LogP contribution in [0.3, 0.4) is 0 Å². The van der Waals surface area contributed by atoms with E-state index in [1.54, 1.807) is 0 Å². The number of hydrogen-bond acceptors (Lipinski definition) is 7. The zero-order chi connectivity index (χ0) is 28.1. The second-order valence-corrected chi connectivity index (χ2v) is 13.0. The van der Waals surface area contributed by atoms with Crippen LogP contribution in [0.1, 0.15) is 92.9 Å². The molecule has 0 radical (unpaired) electrons. The molecule has 0 aromatic heterocycles. The molecule has 0 unspecified atom stereocenters. The summed E-state index contributed by atoms with van der Waals surface area (Å²) in [5.41, 5.74) is 4.15. The van der Waals surface area contributed by atoms with Crippen molar-refractivity contribution in [3.05, 3.63) is 0 Å². The van der Waals surface area contributed by atoms with Crippen molar-refractivity contribution in [3.8, 4) is 0 Å². The van der Waals surface area contributed by atoms with E-state index in [2.05, 4.69) is 16.0 Å². The maximum atomic E-state index is 11.7. The maximum absolute atomic E-state index is 11.7. The number of nitrogens with two attached hydrogens (primary N) is 1. The second kappa shape index (κ2) is 12.2. The molecule has 0 saturated heterocycles. The first-order valence-electron chi connectivity index (χ1n) is 13.2. The molecule has 0 aromatic rings. The fourth-order valence-electron chi connectivity index (χ4n) is 3.12. The van der Waals surface area contributed by atoms with Gasteiger partial charge in [0.2, 0.25) is 11.1 Å². The Hall–Kier alpha value is -2.07. The number of rotatable bonds is 7. The summed E-state index contributed by atoms with van der Waals surface area (Å²) in [6, 6.07) is 0. The highest BCUT2D eigenvalue weighted by Crippen LogP contribution is 2.36. The minimum absolute atomic E-state index is 0.118. The zero-order valence-corrected chi connectivity index (χ0v) is 23.9. The van der Waals surface area contributed by atoms with E-state index in [1.807, 2.05) is 41.5 Å². The molecule has 0 spiro atoms. The lowest BCUT2D eigenvalue weighted by molar-refractivity contribution is -0.122. The van der Waals surface area contributed by atoms with E-state index in [0.29, 0.717) is 13.1 Å². The fourth-order valence-corrected chi connectivity index (χ4v) is 3.34. The first-order chi connectivity index (χ1) is 17.0. The number of amides is 3. The Morgan fingerprint density at radius 2 is 1.19 bits per heavy atom. The van der Waals surface area contributed by atoms with Gasteiger partial charge in [0, 0.05) is 24.9 Å². The molecule has 0 bridgehead atoms. The topological polar surface area (TPSA) is 149 Å². The van der Waals surface area contributed by atoms with Crippen LogP contribution < -0.4 is 21.7 Å². The summed E-state index contributed by atoms with van der Waals surface area (Å²) < 4.78 is 10.3. The average Bonchev–Trinajstić information content (AvgIpc) is 3.59. The summed E-state index contributed by atoms with van der Waals surface area (Å²) >= 11 is 5.04. The Morgan fingerprint density at radius 1 is 0.784 bits per heavy atom. The molecular weight excluding hydrogens is 500 g/mol. The van der Waals surface area contributed by atoms with E-state index in [4.69, 9.17) is 26.8 Å². The van der Waals surface area contributed by atoms with Crippen LogP contribution in [-0.4, -0.2) is 58.7 Å². The largest absolute Gasteiger partial charge is 0.444 e. The van der Waals surface area contributed by atoms with Gasteiger partial charge in [-0.3, -0.25) is 9.59 Å². The van der Waals surface area contributed by atoms with E-state index < -0.39 is 17.3 Å². The van der Waals surface area contributed by atoms with Crippen molar-refractivity contribution >= 4 is 34.9 Å². The van der Waals surface area contributed by atoms with Gasteiger partial charge in [-0.2, -0.15) is 0 Å². The number of ether oxygens (including phenoxy) is 2. The van der Waals surface area contributed by atoms with E-state index in [9.17, 15) is 19.2 Å². The summed E-state index contributed by atoms with van der Waals surface area (Å²) in [6.45, 7) is 12.0. The SMILES string of the molecule is CC(C)(C)OC(=O)NC1(CN)CC1.CC(C)(C)OC(=O)NC1(CNC(=O)C2CC2)CC1.O=C(Cl)C1CC1. The number of carbonyl (C=O) groups excluding carboxylic acids is 4. The lowest BCUT2D eigenvalue weighted by Crippen LogP contribution is -2.47. The molecule has 4 rings (SSSR count). The molecule has 0 aliphatic heterocycles. The van der Waals surface area contributed by atoms with Crippen LogP contribution in [0, 0.1) is 11.8 Å². The molecule has 4 fully saturated rings.